The minimum absolute atomic E-state index is 0.0383. The minimum Gasteiger partial charge on any atom is -0.481 e. The predicted molar refractivity (Wildman–Crippen MR) is 47.2 cm³/mol. The van der Waals surface area contributed by atoms with Gasteiger partial charge in [-0.25, -0.2) is 0 Å². The summed E-state index contributed by atoms with van der Waals surface area (Å²) in [5, 5.41) is 11.4. The molecule has 1 aliphatic rings. The fraction of sp³-hybridized carbons (Fsp3) is 0.778. The van der Waals surface area contributed by atoms with Crippen LogP contribution in [0.3, 0.4) is 0 Å². The Kier molecular flexibility index (Phi) is 3.28. The predicted octanol–water partition coefficient (Wildman–Crippen LogP) is 0.766. The average Bonchev–Trinajstić information content (AvgIpc) is 1.95. The standard InChI is InChI=1S/C9H15NO3/c1-2-3-8(11)10-7-4-6(5-7)9(12)13/h6-7H,2-5H2,1H3,(H,10,11)(H,12,13)/t6-,7+. The molecule has 1 saturated carbocycles. The highest BCUT2D eigenvalue weighted by Crippen LogP contribution is 2.27. The highest BCUT2D eigenvalue weighted by molar-refractivity contribution is 5.77. The van der Waals surface area contributed by atoms with Gasteiger partial charge in [0.1, 0.15) is 0 Å². The average molecular weight is 185 g/mol. The molecule has 0 aliphatic heterocycles. The lowest BCUT2D eigenvalue weighted by molar-refractivity contribution is -0.146. The van der Waals surface area contributed by atoms with Crippen molar-refractivity contribution >= 4 is 11.9 Å². The fourth-order valence-electron chi connectivity index (χ4n) is 1.46. The Morgan fingerprint density at radius 3 is 2.54 bits per heavy atom. The maximum absolute atomic E-state index is 11.1. The molecule has 0 heterocycles. The molecule has 0 aromatic carbocycles. The van der Waals surface area contributed by atoms with Crippen molar-refractivity contribution in [1.82, 2.24) is 5.32 Å². The van der Waals surface area contributed by atoms with E-state index in [1.54, 1.807) is 0 Å². The maximum Gasteiger partial charge on any atom is 0.306 e. The van der Waals surface area contributed by atoms with Crippen LogP contribution in [-0.4, -0.2) is 23.0 Å². The van der Waals surface area contributed by atoms with Crippen molar-refractivity contribution in [2.24, 2.45) is 5.92 Å². The second kappa shape index (κ2) is 4.25. The number of nitrogens with one attached hydrogen (secondary N) is 1. The first-order chi connectivity index (χ1) is 6.13. The van der Waals surface area contributed by atoms with Gasteiger partial charge in [0.2, 0.25) is 5.91 Å². The molecule has 1 rings (SSSR count). The molecular formula is C9H15NO3. The molecule has 4 heteroatoms. The first-order valence-corrected chi connectivity index (χ1v) is 4.65. The van der Waals surface area contributed by atoms with Crippen LogP contribution in [-0.2, 0) is 9.59 Å². The van der Waals surface area contributed by atoms with Crippen molar-refractivity contribution in [2.75, 3.05) is 0 Å². The molecule has 0 bridgehead atoms. The summed E-state index contributed by atoms with van der Waals surface area (Å²) in [5.74, 6) is -0.954. The number of amides is 1. The smallest absolute Gasteiger partial charge is 0.306 e. The lowest BCUT2D eigenvalue weighted by Crippen LogP contribution is -2.46. The van der Waals surface area contributed by atoms with Crippen LogP contribution in [0, 0.1) is 5.92 Å². The van der Waals surface area contributed by atoms with Crippen molar-refractivity contribution in [3.63, 3.8) is 0 Å². The van der Waals surface area contributed by atoms with Crippen molar-refractivity contribution in [2.45, 2.75) is 38.6 Å². The van der Waals surface area contributed by atoms with E-state index < -0.39 is 5.97 Å². The molecule has 1 amide bonds. The number of rotatable bonds is 4. The molecule has 0 aromatic heterocycles. The van der Waals surface area contributed by atoms with Crippen LogP contribution < -0.4 is 5.32 Å². The highest BCUT2D eigenvalue weighted by atomic mass is 16.4. The SMILES string of the molecule is CCCC(=O)N[C@H]1C[C@@H](C(=O)O)C1. The number of carbonyl (C=O) groups excluding carboxylic acids is 1. The molecule has 0 saturated heterocycles. The summed E-state index contributed by atoms with van der Waals surface area (Å²) in [5.41, 5.74) is 0. The molecular weight excluding hydrogens is 170 g/mol. The van der Waals surface area contributed by atoms with Crippen LogP contribution in [0.15, 0.2) is 0 Å². The van der Waals surface area contributed by atoms with E-state index in [-0.39, 0.29) is 17.9 Å². The van der Waals surface area contributed by atoms with Crippen molar-refractivity contribution < 1.29 is 14.7 Å². The second-order valence-electron chi connectivity index (χ2n) is 3.52. The van der Waals surface area contributed by atoms with Crippen LogP contribution in [0.4, 0.5) is 0 Å². The van der Waals surface area contributed by atoms with Gasteiger partial charge < -0.3 is 10.4 Å². The van der Waals surface area contributed by atoms with Crippen molar-refractivity contribution in [3.05, 3.63) is 0 Å². The summed E-state index contributed by atoms with van der Waals surface area (Å²) in [6.45, 7) is 1.94. The lowest BCUT2D eigenvalue weighted by atomic mass is 9.80. The van der Waals surface area contributed by atoms with Gasteiger partial charge in [-0.3, -0.25) is 9.59 Å². The van der Waals surface area contributed by atoms with Gasteiger partial charge in [-0.2, -0.15) is 0 Å². The monoisotopic (exact) mass is 185 g/mol. The van der Waals surface area contributed by atoms with Crippen LogP contribution in [0.25, 0.3) is 0 Å². The third kappa shape index (κ3) is 2.72. The highest BCUT2D eigenvalue weighted by Gasteiger charge is 2.34. The van der Waals surface area contributed by atoms with Crippen LogP contribution in [0.5, 0.6) is 0 Å². The lowest BCUT2D eigenvalue weighted by Gasteiger charge is -2.32. The fourth-order valence-corrected chi connectivity index (χ4v) is 1.46. The molecule has 0 aromatic rings. The van der Waals surface area contributed by atoms with Gasteiger partial charge in [-0.1, -0.05) is 6.92 Å². The van der Waals surface area contributed by atoms with E-state index in [2.05, 4.69) is 5.32 Å². The van der Waals surface area contributed by atoms with Crippen molar-refractivity contribution in [1.29, 1.82) is 0 Å². The largest absolute Gasteiger partial charge is 0.481 e. The molecule has 0 radical (unpaired) electrons. The Balaban J connectivity index is 2.14. The molecule has 0 atom stereocenters. The minimum atomic E-state index is -0.749. The second-order valence-corrected chi connectivity index (χ2v) is 3.52. The summed E-state index contributed by atoms with van der Waals surface area (Å²) in [7, 11) is 0. The number of hydrogen-bond donors (Lipinski definition) is 2. The molecule has 2 N–H and O–H groups in total. The zero-order valence-electron chi connectivity index (χ0n) is 7.75. The maximum atomic E-state index is 11.1. The Labute approximate surface area is 77.3 Å². The third-order valence-electron chi connectivity index (χ3n) is 2.33. The van der Waals surface area contributed by atoms with E-state index in [4.69, 9.17) is 5.11 Å². The first kappa shape index (κ1) is 10.0. The van der Waals surface area contributed by atoms with Gasteiger partial charge in [-0.15, -0.1) is 0 Å². The Bertz CT molecular complexity index is 209. The first-order valence-electron chi connectivity index (χ1n) is 4.65. The summed E-state index contributed by atoms with van der Waals surface area (Å²) < 4.78 is 0. The third-order valence-corrected chi connectivity index (χ3v) is 2.33. The zero-order chi connectivity index (χ0) is 9.84. The molecule has 13 heavy (non-hydrogen) atoms. The quantitative estimate of drug-likeness (QED) is 0.679. The summed E-state index contributed by atoms with van der Waals surface area (Å²) >= 11 is 0. The van der Waals surface area contributed by atoms with Crippen LogP contribution in [0.2, 0.25) is 0 Å². The van der Waals surface area contributed by atoms with E-state index in [9.17, 15) is 9.59 Å². The molecule has 74 valence electrons. The summed E-state index contributed by atoms with van der Waals surface area (Å²) in [6, 6.07) is 0.0974. The van der Waals surface area contributed by atoms with Gasteiger partial charge in [0.05, 0.1) is 5.92 Å². The number of carboxylic acid groups (broad SMARTS) is 1. The topological polar surface area (TPSA) is 66.4 Å². The summed E-state index contributed by atoms with van der Waals surface area (Å²) in [6.07, 6.45) is 2.55. The van der Waals surface area contributed by atoms with Crippen LogP contribution >= 0.6 is 0 Å². The molecule has 4 nitrogen and oxygen atoms in total. The molecule has 0 spiro atoms. The zero-order valence-corrected chi connectivity index (χ0v) is 7.75. The molecule has 1 aliphatic carbocycles. The Hall–Kier alpha value is -1.06. The van der Waals surface area contributed by atoms with Gasteiger partial charge in [0.15, 0.2) is 0 Å². The number of hydrogen-bond acceptors (Lipinski definition) is 2. The molecule has 1 fully saturated rings. The molecule has 0 unspecified atom stereocenters. The number of carbonyl (C=O) groups is 2. The van der Waals surface area contributed by atoms with Gasteiger partial charge in [0, 0.05) is 12.5 Å². The normalized spacial score (nSPS) is 26.2. The van der Waals surface area contributed by atoms with E-state index in [1.807, 2.05) is 6.92 Å². The van der Waals surface area contributed by atoms with E-state index in [0.29, 0.717) is 19.3 Å². The Morgan fingerprint density at radius 2 is 2.08 bits per heavy atom. The number of aliphatic carboxylic acids is 1. The van der Waals surface area contributed by atoms with Gasteiger partial charge in [0.25, 0.3) is 0 Å². The number of carboxylic acids is 1. The summed E-state index contributed by atoms with van der Waals surface area (Å²) in [4.78, 5) is 21.5. The van der Waals surface area contributed by atoms with E-state index in [1.165, 1.54) is 0 Å². The van der Waals surface area contributed by atoms with Gasteiger partial charge in [-0.05, 0) is 19.3 Å². The van der Waals surface area contributed by atoms with E-state index >= 15 is 0 Å². The van der Waals surface area contributed by atoms with Crippen LogP contribution in [0.1, 0.15) is 32.6 Å². The van der Waals surface area contributed by atoms with Gasteiger partial charge >= 0.3 is 5.97 Å². The van der Waals surface area contributed by atoms with E-state index in [0.717, 1.165) is 6.42 Å². The van der Waals surface area contributed by atoms with Crippen molar-refractivity contribution in [3.8, 4) is 0 Å². The Morgan fingerprint density at radius 1 is 1.46 bits per heavy atom.